The number of nitrogens with zero attached hydrogens (tertiary/aromatic N) is 4. The lowest BCUT2D eigenvalue weighted by Gasteiger charge is -2.10. The van der Waals surface area contributed by atoms with Gasteiger partial charge in [0.05, 0.1) is 27.2 Å². The Morgan fingerprint density at radius 2 is 2.03 bits per heavy atom. The number of hydrogen-bond acceptors (Lipinski definition) is 7. The minimum absolute atomic E-state index is 0.00260. The first kappa shape index (κ1) is 21.5. The zero-order valence-corrected chi connectivity index (χ0v) is 17.0. The lowest BCUT2D eigenvalue weighted by atomic mass is 10.2. The molecule has 164 valence electrons. The van der Waals surface area contributed by atoms with Crippen LogP contribution in [0, 0.1) is 10.1 Å². The summed E-state index contributed by atoms with van der Waals surface area (Å²) in [6.45, 7) is 0. The first-order valence-corrected chi connectivity index (χ1v) is 9.80. The summed E-state index contributed by atoms with van der Waals surface area (Å²) in [5, 5.41) is 27.7. The van der Waals surface area contributed by atoms with Crippen molar-refractivity contribution in [3.63, 3.8) is 0 Å². The van der Waals surface area contributed by atoms with Crippen molar-refractivity contribution >= 4 is 45.9 Å². The zero-order chi connectivity index (χ0) is 23.2. The van der Waals surface area contributed by atoms with Gasteiger partial charge in [0.2, 0.25) is 0 Å². The van der Waals surface area contributed by atoms with Crippen LogP contribution in [-0.2, 0) is 6.18 Å². The lowest BCUT2D eigenvalue weighted by molar-refractivity contribution is -0.384. The fourth-order valence-electron chi connectivity index (χ4n) is 2.85. The molecule has 1 aromatic carbocycles. The molecule has 0 bridgehead atoms. The Balaban J connectivity index is 1.81. The van der Waals surface area contributed by atoms with Crippen LogP contribution in [0.15, 0.2) is 41.8 Å². The highest BCUT2D eigenvalue weighted by Gasteiger charge is 2.37. The van der Waals surface area contributed by atoms with Crippen LogP contribution < -0.4 is 5.32 Å². The molecule has 0 aliphatic heterocycles. The van der Waals surface area contributed by atoms with E-state index in [4.69, 9.17) is 11.6 Å². The largest absolute Gasteiger partial charge is 0.508 e. The summed E-state index contributed by atoms with van der Waals surface area (Å²) < 4.78 is 41.4. The number of phenols is 1. The predicted octanol–water partition coefficient (Wildman–Crippen LogP) is 5.00. The van der Waals surface area contributed by atoms with Gasteiger partial charge in [-0.15, -0.1) is 11.3 Å². The fraction of sp³-hybridized carbons (Fsp3) is 0.0556. The summed E-state index contributed by atoms with van der Waals surface area (Å²) >= 11 is 7.33. The SMILES string of the molecule is O=C(Nc1cc(O)cc([N+](=O)[O-])c1)c1nn2c(C(F)(F)F)cc(-c3cccs3)nc2c1Cl. The monoisotopic (exact) mass is 483 g/mol. The van der Waals surface area contributed by atoms with Crippen molar-refractivity contribution in [3.05, 3.63) is 68.3 Å². The molecule has 4 aromatic rings. The fourth-order valence-corrected chi connectivity index (χ4v) is 3.78. The average molecular weight is 484 g/mol. The summed E-state index contributed by atoms with van der Waals surface area (Å²) in [5.41, 5.74) is -2.87. The number of fused-ring (bicyclic) bond motifs is 1. The second-order valence-electron chi connectivity index (χ2n) is 6.35. The molecule has 0 unspecified atom stereocenters. The molecular weight excluding hydrogens is 475 g/mol. The zero-order valence-electron chi connectivity index (χ0n) is 15.4. The minimum Gasteiger partial charge on any atom is -0.508 e. The molecule has 0 aliphatic carbocycles. The van der Waals surface area contributed by atoms with E-state index in [1.54, 1.807) is 17.5 Å². The number of anilines is 1. The van der Waals surface area contributed by atoms with Crippen LogP contribution >= 0.6 is 22.9 Å². The number of carbonyl (C=O) groups is 1. The molecule has 14 heteroatoms. The van der Waals surface area contributed by atoms with Gasteiger partial charge in [-0.2, -0.15) is 18.3 Å². The molecule has 3 heterocycles. The number of halogens is 4. The van der Waals surface area contributed by atoms with Crippen molar-refractivity contribution in [2.45, 2.75) is 6.18 Å². The Morgan fingerprint density at radius 3 is 2.66 bits per heavy atom. The van der Waals surface area contributed by atoms with E-state index in [1.807, 2.05) is 0 Å². The number of non-ortho nitro benzene ring substituents is 1. The van der Waals surface area contributed by atoms with E-state index >= 15 is 0 Å². The van der Waals surface area contributed by atoms with E-state index in [2.05, 4.69) is 15.4 Å². The second-order valence-corrected chi connectivity index (χ2v) is 7.67. The highest BCUT2D eigenvalue weighted by molar-refractivity contribution is 7.13. The minimum atomic E-state index is -4.83. The smallest absolute Gasteiger partial charge is 0.433 e. The van der Waals surface area contributed by atoms with Gasteiger partial charge in [0.1, 0.15) is 10.8 Å². The maximum atomic E-state index is 13.7. The summed E-state index contributed by atoms with van der Waals surface area (Å²) in [6, 6.07) is 6.85. The van der Waals surface area contributed by atoms with E-state index in [0.29, 0.717) is 9.39 Å². The third-order valence-electron chi connectivity index (χ3n) is 4.18. The van der Waals surface area contributed by atoms with Gasteiger partial charge in [0, 0.05) is 12.1 Å². The molecule has 1 amide bonds. The van der Waals surface area contributed by atoms with Gasteiger partial charge >= 0.3 is 6.18 Å². The van der Waals surface area contributed by atoms with Crippen LogP contribution in [0.25, 0.3) is 16.2 Å². The van der Waals surface area contributed by atoms with Gasteiger partial charge in [-0.3, -0.25) is 14.9 Å². The number of aromatic nitrogens is 3. The highest BCUT2D eigenvalue weighted by atomic mass is 35.5. The Bertz CT molecular complexity index is 1370. The number of nitro benzene ring substituents is 1. The summed E-state index contributed by atoms with van der Waals surface area (Å²) in [7, 11) is 0. The maximum absolute atomic E-state index is 13.7. The Hall–Kier alpha value is -3.71. The number of carbonyl (C=O) groups excluding carboxylic acids is 1. The molecular formula is C18H9ClF3N5O4S. The summed E-state index contributed by atoms with van der Waals surface area (Å²) in [5.74, 6) is -1.55. The molecule has 2 N–H and O–H groups in total. The van der Waals surface area contributed by atoms with Gasteiger partial charge in [0.25, 0.3) is 11.6 Å². The quantitative estimate of drug-likeness (QED) is 0.311. The molecule has 32 heavy (non-hydrogen) atoms. The van der Waals surface area contributed by atoms with Crippen molar-refractivity contribution < 1.29 is 28.0 Å². The molecule has 0 atom stereocenters. The third-order valence-corrected chi connectivity index (χ3v) is 5.42. The Labute approximate surface area is 184 Å². The number of nitrogens with one attached hydrogen (secondary N) is 1. The van der Waals surface area contributed by atoms with Crippen molar-refractivity contribution in [1.29, 1.82) is 0 Å². The second kappa shape index (κ2) is 7.76. The molecule has 4 rings (SSSR count). The molecule has 0 spiro atoms. The molecule has 3 aromatic heterocycles. The average Bonchev–Trinajstić information content (AvgIpc) is 3.34. The first-order valence-electron chi connectivity index (χ1n) is 8.55. The third kappa shape index (κ3) is 3.94. The number of rotatable bonds is 4. The van der Waals surface area contributed by atoms with E-state index in [1.165, 1.54) is 11.3 Å². The van der Waals surface area contributed by atoms with Crippen LogP contribution in [0.1, 0.15) is 16.2 Å². The molecule has 9 nitrogen and oxygen atoms in total. The Kier molecular flexibility index (Phi) is 5.22. The molecule has 0 radical (unpaired) electrons. The molecule has 0 saturated heterocycles. The van der Waals surface area contributed by atoms with E-state index in [0.717, 1.165) is 24.3 Å². The topological polar surface area (TPSA) is 123 Å². The van der Waals surface area contributed by atoms with Crippen LogP contribution in [0.3, 0.4) is 0 Å². The number of aromatic hydroxyl groups is 1. The number of hydrogen-bond donors (Lipinski definition) is 2. The van der Waals surface area contributed by atoms with Gasteiger partial charge in [-0.25, -0.2) is 9.50 Å². The Morgan fingerprint density at radius 1 is 1.28 bits per heavy atom. The van der Waals surface area contributed by atoms with Crippen LogP contribution in [0.5, 0.6) is 5.75 Å². The standard InChI is InChI=1S/C18H9ClF3N5O4S/c19-14-15(17(29)23-8-4-9(27(30)31)6-10(28)5-8)25-26-13(18(20,21)22)7-11(24-16(14)26)12-2-1-3-32-12/h1-7,28H,(H,23,29). The number of thiophene rings is 1. The number of nitro groups is 1. The number of alkyl halides is 3. The number of phenolic OH excluding ortho intramolecular Hbond substituents is 1. The normalized spacial score (nSPS) is 11.6. The van der Waals surface area contributed by atoms with E-state index < -0.39 is 50.5 Å². The van der Waals surface area contributed by atoms with Gasteiger partial charge in [0.15, 0.2) is 17.0 Å². The summed E-state index contributed by atoms with van der Waals surface area (Å²) in [6.07, 6.45) is -4.83. The predicted molar refractivity (Wildman–Crippen MR) is 109 cm³/mol. The van der Waals surface area contributed by atoms with Crippen LogP contribution in [0.2, 0.25) is 5.02 Å². The molecule has 0 saturated carbocycles. The summed E-state index contributed by atoms with van der Waals surface area (Å²) in [4.78, 5) is 27.3. The van der Waals surface area contributed by atoms with E-state index in [-0.39, 0.29) is 11.4 Å². The van der Waals surface area contributed by atoms with Gasteiger partial charge in [-0.05, 0) is 17.5 Å². The van der Waals surface area contributed by atoms with Crippen LogP contribution in [-0.4, -0.2) is 30.5 Å². The van der Waals surface area contributed by atoms with Crippen molar-refractivity contribution in [2.24, 2.45) is 0 Å². The van der Waals surface area contributed by atoms with Crippen molar-refractivity contribution in [2.75, 3.05) is 5.32 Å². The highest BCUT2D eigenvalue weighted by Crippen LogP contribution is 2.35. The first-order chi connectivity index (χ1) is 15.0. The van der Waals surface area contributed by atoms with Crippen molar-refractivity contribution in [1.82, 2.24) is 14.6 Å². The molecule has 0 fully saturated rings. The van der Waals surface area contributed by atoms with Crippen molar-refractivity contribution in [3.8, 4) is 16.3 Å². The maximum Gasteiger partial charge on any atom is 0.433 e. The molecule has 0 aliphatic rings. The van der Waals surface area contributed by atoms with E-state index in [9.17, 15) is 33.2 Å². The van der Waals surface area contributed by atoms with Gasteiger partial charge in [-0.1, -0.05) is 17.7 Å². The van der Waals surface area contributed by atoms with Gasteiger partial charge < -0.3 is 10.4 Å². The lowest BCUT2D eigenvalue weighted by Crippen LogP contribution is -2.15. The van der Waals surface area contributed by atoms with Crippen LogP contribution in [0.4, 0.5) is 24.5 Å². The number of benzene rings is 1. The number of amides is 1.